The maximum Gasteiger partial charge on any atom is 0.263 e. The number of nitrogens with one attached hydrogen (secondary N) is 1. The standard InChI is InChI=1S/C21H26N2O3/c1-4-19(21(25)23(3)15-14-20(24)22-2)26-18-12-10-17(11-13-18)16-8-6-5-7-9-16/h5-13,19H,4,14-15H2,1-3H3,(H,22,24). The number of hydrogen-bond donors (Lipinski definition) is 1. The molecular formula is C21H26N2O3. The van der Waals surface area contributed by atoms with Gasteiger partial charge >= 0.3 is 0 Å². The van der Waals surface area contributed by atoms with E-state index in [2.05, 4.69) is 17.4 Å². The Morgan fingerprint density at radius 2 is 1.65 bits per heavy atom. The van der Waals surface area contributed by atoms with Gasteiger partial charge in [0.25, 0.3) is 5.91 Å². The highest BCUT2D eigenvalue weighted by molar-refractivity contribution is 5.82. The fourth-order valence-corrected chi connectivity index (χ4v) is 2.58. The molecule has 0 aliphatic heterocycles. The largest absolute Gasteiger partial charge is 0.481 e. The maximum absolute atomic E-state index is 12.5. The van der Waals surface area contributed by atoms with Crippen LogP contribution in [0.4, 0.5) is 0 Å². The van der Waals surface area contributed by atoms with E-state index in [-0.39, 0.29) is 18.2 Å². The van der Waals surface area contributed by atoms with Crippen LogP contribution < -0.4 is 10.1 Å². The number of ether oxygens (including phenoxy) is 1. The monoisotopic (exact) mass is 354 g/mol. The van der Waals surface area contributed by atoms with Crippen molar-refractivity contribution in [3.05, 3.63) is 54.6 Å². The molecule has 1 atom stereocenters. The maximum atomic E-state index is 12.5. The van der Waals surface area contributed by atoms with Gasteiger partial charge in [-0.05, 0) is 29.7 Å². The molecule has 2 aromatic carbocycles. The molecule has 2 amide bonds. The number of carbonyl (C=O) groups is 2. The zero-order valence-corrected chi connectivity index (χ0v) is 15.6. The normalized spacial score (nSPS) is 11.5. The predicted octanol–water partition coefficient (Wildman–Crippen LogP) is 3.11. The Kier molecular flexibility index (Phi) is 7.21. The number of hydrogen-bond acceptors (Lipinski definition) is 3. The van der Waals surface area contributed by atoms with Gasteiger partial charge in [0.1, 0.15) is 5.75 Å². The lowest BCUT2D eigenvalue weighted by Gasteiger charge is -2.23. The second-order valence-electron chi connectivity index (χ2n) is 6.09. The van der Waals surface area contributed by atoms with Crippen molar-refractivity contribution in [3.8, 4) is 16.9 Å². The van der Waals surface area contributed by atoms with Gasteiger partial charge in [-0.2, -0.15) is 0 Å². The van der Waals surface area contributed by atoms with Crippen molar-refractivity contribution >= 4 is 11.8 Å². The van der Waals surface area contributed by atoms with Gasteiger partial charge < -0.3 is 15.0 Å². The lowest BCUT2D eigenvalue weighted by Crippen LogP contribution is -2.40. The molecule has 0 aliphatic rings. The summed E-state index contributed by atoms with van der Waals surface area (Å²) in [5.74, 6) is 0.447. The molecule has 0 aromatic heterocycles. The second kappa shape index (κ2) is 9.61. The Hall–Kier alpha value is -2.82. The van der Waals surface area contributed by atoms with Crippen LogP contribution in [-0.2, 0) is 9.59 Å². The number of benzene rings is 2. The predicted molar refractivity (Wildman–Crippen MR) is 103 cm³/mol. The summed E-state index contributed by atoms with van der Waals surface area (Å²) in [6.07, 6.45) is 0.275. The van der Waals surface area contributed by atoms with Crippen LogP contribution in [0.5, 0.6) is 5.75 Å². The highest BCUT2D eigenvalue weighted by Gasteiger charge is 2.22. The molecule has 0 radical (unpaired) electrons. The Balaban J connectivity index is 1.98. The van der Waals surface area contributed by atoms with Crippen molar-refractivity contribution < 1.29 is 14.3 Å². The van der Waals surface area contributed by atoms with Crippen LogP contribution in [0.15, 0.2) is 54.6 Å². The van der Waals surface area contributed by atoms with Gasteiger partial charge in [-0.15, -0.1) is 0 Å². The summed E-state index contributed by atoms with van der Waals surface area (Å²) in [7, 11) is 3.27. The topological polar surface area (TPSA) is 58.6 Å². The summed E-state index contributed by atoms with van der Waals surface area (Å²) in [5.41, 5.74) is 2.23. The van der Waals surface area contributed by atoms with E-state index in [0.29, 0.717) is 18.7 Å². The zero-order valence-electron chi connectivity index (χ0n) is 15.6. The molecule has 1 unspecified atom stereocenters. The number of carbonyl (C=O) groups excluding carboxylic acids is 2. The van der Waals surface area contributed by atoms with Crippen LogP contribution in [-0.4, -0.2) is 43.5 Å². The van der Waals surface area contributed by atoms with Crippen molar-refractivity contribution in [2.75, 3.05) is 20.6 Å². The smallest absolute Gasteiger partial charge is 0.263 e. The average Bonchev–Trinajstić information content (AvgIpc) is 2.70. The molecule has 0 aliphatic carbocycles. The van der Waals surface area contributed by atoms with Crippen molar-refractivity contribution in [1.82, 2.24) is 10.2 Å². The molecule has 2 aromatic rings. The first-order valence-corrected chi connectivity index (χ1v) is 8.82. The number of amides is 2. The summed E-state index contributed by atoms with van der Waals surface area (Å²) in [6, 6.07) is 17.8. The Labute approximate surface area is 155 Å². The zero-order chi connectivity index (χ0) is 18.9. The fraction of sp³-hybridized carbons (Fsp3) is 0.333. The van der Waals surface area contributed by atoms with E-state index < -0.39 is 6.10 Å². The highest BCUT2D eigenvalue weighted by Crippen LogP contribution is 2.23. The quantitative estimate of drug-likeness (QED) is 0.792. The summed E-state index contributed by atoms with van der Waals surface area (Å²) in [5, 5.41) is 2.55. The first kappa shape index (κ1) is 19.5. The minimum atomic E-state index is -0.563. The first-order chi connectivity index (χ1) is 12.5. The molecule has 2 rings (SSSR count). The Morgan fingerprint density at radius 1 is 1.04 bits per heavy atom. The fourth-order valence-electron chi connectivity index (χ4n) is 2.58. The SMILES string of the molecule is CCC(Oc1ccc(-c2ccccc2)cc1)C(=O)N(C)CCC(=O)NC. The van der Waals surface area contributed by atoms with Crippen LogP contribution >= 0.6 is 0 Å². The number of likely N-dealkylation sites (N-methyl/N-ethyl adjacent to an activating group) is 1. The van der Waals surface area contributed by atoms with Crippen molar-refractivity contribution in [1.29, 1.82) is 0 Å². The number of nitrogens with zero attached hydrogens (tertiary/aromatic N) is 1. The van der Waals surface area contributed by atoms with Gasteiger partial charge in [-0.3, -0.25) is 9.59 Å². The molecule has 0 spiro atoms. The van der Waals surface area contributed by atoms with Gasteiger partial charge in [0.15, 0.2) is 6.10 Å². The summed E-state index contributed by atoms with van der Waals surface area (Å²) in [6.45, 7) is 2.28. The van der Waals surface area contributed by atoms with Crippen molar-refractivity contribution in [3.63, 3.8) is 0 Å². The van der Waals surface area contributed by atoms with Gasteiger partial charge in [0.05, 0.1) is 0 Å². The van der Waals surface area contributed by atoms with Crippen LogP contribution in [0.1, 0.15) is 19.8 Å². The average molecular weight is 354 g/mol. The van der Waals surface area contributed by atoms with Gasteiger partial charge in [0, 0.05) is 27.1 Å². The molecule has 0 saturated carbocycles. The van der Waals surface area contributed by atoms with Gasteiger partial charge in [-0.1, -0.05) is 49.4 Å². The third-order valence-corrected chi connectivity index (χ3v) is 4.22. The third kappa shape index (κ3) is 5.34. The first-order valence-electron chi connectivity index (χ1n) is 8.82. The highest BCUT2D eigenvalue weighted by atomic mass is 16.5. The molecule has 5 nitrogen and oxygen atoms in total. The summed E-state index contributed by atoms with van der Waals surface area (Å²) < 4.78 is 5.88. The molecule has 138 valence electrons. The number of rotatable bonds is 8. The van der Waals surface area contributed by atoms with E-state index >= 15 is 0 Å². The van der Waals surface area contributed by atoms with E-state index in [1.807, 2.05) is 49.4 Å². The molecule has 26 heavy (non-hydrogen) atoms. The third-order valence-electron chi connectivity index (χ3n) is 4.22. The molecule has 0 saturated heterocycles. The van der Waals surface area contributed by atoms with E-state index in [9.17, 15) is 9.59 Å². The lowest BCUT2D eigenvalue weighted by atomic mass is 10.1. The summed E-state index contributed by atoms with van der Waals surface area (Å²) >= 11 is 0. The van der Waals surface area contributed by atoms with Crippen LogP contribution in [0.2, 0.25) is 0 Å². The van der Waals surface area contributed by atoms with Crippen LogP contribution in [0.3, 0.4) is 0 Å². The Bertz CT molecular complexity index is 714. The Morgan fingerprint density at radius 3 is 2.23 bits per heavy atom. The van der Waals surface area contributed by atoms with Crippen molar-refractivity contribution in [2.45, 2.75) is 25.9 Å². The van der Waals surface area contributed by atoms with Crippen LogP contribution in [0.25, 0.3) is 11.1 Å². The lowest BCUT2D eigenvalue weighted by molar-refractivity contribution is -0.137. The second-order valence-corrected chi connectivity index (χ2v) is 6.09. The molecule has 0 fully saturated rings. The van der Waals surface area contributed by atoms with E-state index in [4.69, 9.17) is 4.74 Å². The van der Waals surface area contributed by atoms with Crippen molar-refractivity contribution in [2.24, 2.45) is 0 Å². The van der Waals surface area contributed by atoms with E-state index in [0.717, 1.165) is 11.1 Å². The molecule has 0 heterocycles. The molecule has 0 bridgehead atoms. The minimum Gasteiger partial charge on any atom is -0.481 e. The molecule has 5 heteroatoms. The molecular weight excluding hydrogens is 328 g/mol. The molecule has 1 N–H and O–H groups in total. The minimum absolute atomic E-state index is 0.0879. The van der Waals surface area contributed by atoms with Gasteiger partial charge in [0.2, 0.25) is 5.91 Å². The van der Waals surface area contributed by atoms with Crippen LogP contribution in [0, 0.1) is 0 Å². The van der Waals surface area contributed by atoms with E-state index in [1.165, 1.54) is 0 Å². The van der Waals surface area contributed by atoms with Gasteiger partial charge in [-0.25, -0.2) is 0 Å². The summed E-state index contributed by atoms with van der Waals surface area (Å²) in [4.78, 5) is 25.4. The van der Waals surface area contributed by atoms with E-state index in [1.54, 1.807) is 19.0 Å².